The highest BCUT2D eigenvalue weighted by Crippen LogP contribution is 2.18. The smallest absolute Gasteiger partial charge is 0.407 e. The van der Waals surface area contributed by atoms with Crippen molar-refractivity contribution in [3.05, 3.63) is 34.1 Å². The number of amides is 1. The van der Waals surface area contributed by atoms with E-state index in [4.69, 9.17) is 4.74 Å². The summed E-state index contributed by atoms with van der Waals surface area (Å²) in [7, 11) is 0. The van der Waals surface area contributed by atoms with Gasteiger partial charge in [0.15, 0.2) is 0 Å². The summed E-state index contributed by atoms with van der Waals surface area (Å²) >= 11 is 3.40. The van der Waals surface area contributed by atoms with Gasteiger partial charge in [0.1, 0.15) is 11.4 Å². The fraction of sp³-hybridized carbons (Fsp3) is 0.562. The van der Waals surface area contributed by atoms with Crippen LogP contribution in [0.3, 0.4) is 0 Å². The predicted octanol–water partition coefficient (Wildman–Crippen LogP) is 3.98. The summed E-state index contributed by atoms with van der Waals surface area (Å²) in [5.41, 5.74) is -0.0538. The second-order valence-electron chi connectivity index (χ2n) is 6.83. The van der Waals surface area contributed by atoms with Crippen molar-refractivity contribution in [2.75, 3.05) is 6.54 Å². The van der Waals surface area contributed by atoms with Crippen molar-refractivity contribution >= 4 is 22.0 Å². The Hall–Kier alpha value is -1.14. The highest BCUT2D eigenvalue weighted by molar-refractivity contribution is 9.10. The van der Waals surface area contributed by atoms with Crippen LogP contribution in [0.15, 0.2) is 22.7 Å². The molecule has 0 aliphatic rings. The zero-order valence-corrected chi connectivity index (χ0v) is 15.3. The zero-order chi connectivity index (χ0) is 17.0. The molecule has 1 amide bonds. The number of halogens is 2. The Balaban J connectivity index is 2.50. The van der Waals surface area contributed by atoms with E-state index in [1.54, 1.807) is 6.07 Å². The third-order valence-corrected chi connectivity index (χ3v) is 3.61. The Labute approximate surface area is 139 Å². The van der Waals surface area contributed by atoms with Crippen molar-refractivity contribution in [3.8, 4) is 0 Å². The normalized spacial score (nSPS) is 12.1. The molecule has 0 unspecified atom stereocenters. The first-order chi connectivity index (χ1) is 9.98. The number of carbonyl (C=O) groups is 1. The van der Waals surface area contributed by atoms with E-state index in [1.165, 1.54) is 12.1 Å². The Morgan fingerprint density at radius 3 is 2.50 bits per heavy atom. The predicted molar refractivity (Wildman–Crippen MR) is 89.3 cm³/mol. The van der Waals surface area contributed by atoms with Gasteiger partial charge in [0.2, 0.25) is 0 Å². The largest absolute Gasteiger partial charge is 0.444 e. The number of hydrogen-bond acceptors (Lipinski definition) is 3. The van der Waals surface area contributed by atoms with Gasteiger partial charge in [-0.15, -0.1) is 0 Å². The molecule has 0 atom stereocenters. The lowest BCUT2D eigenvalue weighted by molar-refractivity contribution is 0.0513. The molecular formula is C16H24BrFN2O2. The van der Waals surface area contributed by atoms with Gasteiger partial charge < -0.3 is 15.4 Å². The molecule has 2 N–H and O–H groups in total. The van der Waals surface area contributed by atoms with E-state index in [0.717, 1.165) is 10.0 Å². The van der Waals surface area contributed by atoms with Crippen LogP contribution in [0.25, 0.3) is 0 Å². The minimum absolute atomic E-state index is 0.273. The quantitative estimate of drug-likeness (QED) is 0.819. The van der Waals surface area contributed by atoms with Crippen molar-refractivity contribution in [2.24, 2.45) is 0 Å². The maximum absolute atomic E-state index is 13.3. The molecule has 22 heavy (non-hydrogen) atoms. The van der Waals surface area contributed by atoms with Crippen LogP contribution < -0.4 is 10.6 Å². The van der Waals surface area contributed by atoms with Crippen molar-refractivity contribution < 1.29 is 13.9 Å². The molecule has 0 fully saturated rings. The van der Waals surface area contributed by atoms with Crippen LogP contribution in [-0.2, 0) is 11.3 Å². The van der Waals surface area contributed by atoms with E-state index in [9.17, 15) is 9.18 Å². The van der Waals surface area contributed by atoms with E-state index in [1.807, 2.05) is 34.6 Å². The summed E-state index contributed by atoms with van der Waals surface area (Å²) < 4.78 is 19.3. The Morgan fingerprint density at radius 1 is 1.27 bits per heavy atom. The van der Waals surface area contributed by atoms with Gasteiger partial charge in [-0.2, -0.15) is 0 Å². The molecule has 0 heterocycles. The SMILES string of the molecule is CC(C)(CNC(=O)OC(C)(C)C)NCc1cc(F)ccc1Br. The maximum Gasteiger partial charge on any atom is 0.407 e. The van der Waals surface area contributed by atoms with Gasteiger partial charge in [0.25, 0.3) is 0 Å². The third kappa shape index (κ3) is 7.22. The van der Waals surface area contributed by atoms with Crippen LogP contribution in [0.1, 0.15) is 40.2 Å². The summed E-state index contributed by atoms with van der Waals surface area (Å²) in [6, 6.07) is 4.57. The molecule has 6 heteroatoms. The number of alkyl carbamates (subject to hydrolysis) is 1. The third-order valence-electron chi connectivity index (χ3n) is 2.84. The molecule has 124 valence electrons. The Morgan fingerprint density at radius 2 is 1.91 bits per heavy atom. The van der Waals surface area contributed by atoms with E-state index >= 15 is 0 Å². The fourth-order valence-corrected chi connectivity index (χ4v) is 2.07. The van der Waals surface area contributed by atoms with E-state index in [-0.39, 0.29) is 11.4 Å². The molecule has 0 aromatic heterocycles. The van der Waals surface area contributed by atoms with E-state index < -0.39 is 11.7 Å². The van der Waals surface area contributed by atoms with Crippen molar-refractivity contribution in [1.29, 1.82) is 0 Å². The van der Waals surface area contributed by atoms with Crippen LogP contribution in [0.4, 0.5) is 9.18 Å². The van der Waals surface area contributed by atoms with Crippen LogP contribution in [0, 0.1) is 5.82 Å². The number of rotatable bonds is 5. The van der Waals surface area contributed by atoms with Crippen molar-refractivity contribution in [3.63, 3.8) is 0 Å². The van der Waals surface area contributed by atoms with Gasteiger partial charge in [-0.3, -0.25) is 0 Å². The standard InChI is InChI=1S/C16H24BrFN2O2/c1-15(2,3)22-14(21)19-10-16(4,5)20-9-11-8-12(18)6-7-13(11)17/h6-8,20H,9-10H2,1-5H3,(H,19,21). The van der Waals surface area contributed by atoms with Gasteiger partial charge in [-0.1, -0.05) is 15.9 Å². The number of carbonyl (C=O) groups excluding carboxylic acids is 1. The first-order valence-electron chi connectivity index (χ1n) is 7.14. The topological polar surface area (TPSA) is 50.4 Å². The second-order valence-corrected chi connectivity index (χ2v) is 7.68. The first kappa shape index (κ1) is 18.9. The summed E-state index contributed by atoms with van der Waals surface area (Å²) in [6.07, 6.45) is -0.450. The number of benzene rings is 1. The van der Waals surface area contributed by atoms with E-state index in [2.05, 4.69) is 26.6 Å². The molecule has 0 spiro atoms. The summed E-state index contributed by atoms with van der Waals surface area (Å²) in [6.45, 7) is 10.2. The molecule has 0 saturated carbocycles. The van der Waals surface area contributed by atoms with Crippen molar-refractivity contribution in [1.82, 2.24) is 10.6 Å². The van der Waals surface area contributed by atoms with Gasteiger partial charge in [0.05, 0.1) is 0 Å². The van der Waals surface area contributed by atoms with Gasteiger partial charge in [-0.25, -0.2) is 9.18 Å². The molecule has 0 saturated heterocycles. The molecule has 0 bridgehead atoms. The molecule has 1 aromatic rings. The van der Waals surface area contributed by atoms with Crippen LogP contribution in [-0.4, -0.2) is 23.8 Å². The lowest BCUT2D eigenvalue weighted by Gasteiger charge is -2.28. The molecule has 1 aromatic carbocycles. The fourth-order valence-electron chi connectivity index (χ4n) is 1.68. The molecule has 1 rings (SSSR count). The Bertz CT molecular complexity index is 527. The van der Waals surface area contributed by atoms with Crippen molar-refractivity contribution in [2.45, 2.75) is 52.3 Å². The minimum atomic E-state index is -0.520. The average molecular weight is 375 g/mol. The molecule has 4 nitrogen and oxygen atoms in total. The summed E-state index contributed by atoms with van der Waals surface area (Å²) in [5, 5.41) is 6.03. The van der Waals surface area contributed by atoms with Gasteiger partial charge in [0, 0.05) is 23.1 Å². The molecule has 0 aliphatic carbocycles. The lowest BCUT2D eigenvalue weighted by atomic mass is 10.1. The average Bonchev–Trinajstić information content (AvgIpc) is 2.36. The number of ether oxygens (including phenoxy) is 1. The monoisotopic (exact) mass is 374 g/mol. The molecule has 0 radical (unpaired) electrons. The van der Waals surface area contributed by atoms with Gasteiger partial charge in [-0.05, 0) is 58.4 Å². The Kier molecular flexibility index (Phi) is 6.38. The first-order valence-corrected chi connectivity index (χ1v) is 7.94. The van der Waals surface area contributed by atoms with Crippen LogP contribution in [0.5, 0.6) is 0 Å². The van der Waals surface area contributed by atoms with E-state index in [0.29, 0.717) is 13.1 Å². The molecule has 0 aliphatic heterocycles. The summed E-state index contributed by atoms with van der Waals surface area (Å²) in [5.74, 6) is -0.273. The number of nitrogens with one attached hydrogen (secondary N) is 2. The molecular weight excluding hydrogens is 351 g/mol. The van der Waals surface area contributed by atoms with Crippen LogP contribution in [0.2, 0.25) is 0 Å². The maximum atomic E-state index is 13.3. The summed E-state index contributed by atoms with van der Waals surface area (Å²) in [4.78, 5) is 11.7. The number of hydrogen-bond donors (Lipinski definition) is 2. The highest BCUT2D eigenvalue weighted by Gasteiger charge is 2.21. The second kappa shape index (κ2) is 7.42. The zero-order valence-electron chi connectivity index (χ0n) is 13.7. The highest BCUT2D eigenvalue weighted by atomic mass is 79.9. The van der Waals surface area contributed by atoms with Crippen LogP contribution >= 0.6 is 15.9 Å². The minimum Gasteiger partial charge on any atom is -0.444 e. The lowest BCUT2D eigenvalue weighted by Crippen LogP contribution is -2.49. The van der Waals surface area contributed by atoms with Gasteiger partial charge >= 0.3 is 6.09 Å².